The fourth-order valence-electron chi connectivity index (χ4n) is 1.71. The molecule has 2 aromatic rings. The van der Waals surface area contributed by atoms with Crippen LogP contribution in [0.25, 0.3) is 10.2 Å². The van der Waals surface area contributed by atoms with Crippen molar-refractivity contribution in [3.05, 3.63) is 16.2 Å². The summed E-state index contributed by atoms with van der Waals surface area (Å²) in [7, 11) is 0. The molecule has 2 heterocycles. The van der Waals surface area contributed by atoms with E-state index in [1.165, 1.54) is 11.8 Å². The molecule has 0 spiro atoms. The lowest BCUT2D eigenvalue weighted by Gasteiger charge is -2.07. The van der Waals surface area contributed by atoms with Crippen molar-refractivity contribution in [2.24, 2.45) is 0 Å². The lowest BCUT2D eigenvalue weighted by Crippen LogP contribution is -2.22. The second kappa shape index (κ2) is 6.16. The van der Waals surface area contributed by atoms with Gasteiger partial charge in [0.25, 0.3) is 0 Å². The van der Waals surface area contributed by atoms with Crippen molar-refractivity contribution >= 4 is 44.9 Å². The minimum absolute atomic E-state index is 0.0130. The number of carbonyl (C=O) groups excluding carboxylic acids is 1. The summed E-state index contributed by atoms with van der Waals surface area (Å²) in [5.41, 5.74) is 0. The average molecular weight is 299 g/mol. The van der Waals surface area contributed by atoms with Crippen molar-refractivity contribution in [3.63, 3.8) is 0 Å². The summed E-state index contributed by atoms with van der Waals surface area (Å²) in [5.74, 6) is 0.739. The molecule has 0 saturated carbocycles. The van der Waals surface area contributed by atoms with E-state index < -0.39 is 0 Å². The van der Waals surface area contributed by atoms with Crippen LogP contribution in [0.15, 0.2) is 6.07 Å². The Bertz CT molecular complexity index is 599. The highest BCUT2D eigenvalue weighted by Gasteiger charge is 2.09. The third-order valence-electron chi connectivity index (χ3n) is 2.51. The maximum absolute atomic E-state index is 10.7. The van der Waals surface area contributed by atoms with Crippen LogP contribution in [0, 0.1) is 6.92 Å². The van der Waals surface area contributed by atoms with Crippen LogP contribution in [0.1, 0.15) is 18.2 Å². The van der Waals surface area contributed by atoms with E-state index in [-0.39, 0.29) is 11.2 Å². The fraction of sp³-hybridized carbons (Fsp3) is 0.417. The van der Waals surface area contributed by atoms with Crippen LogP contribution < -0.4 is 10.6 Å². The minimum Gasteiger partial charge on any atom is -0.369 e. The van der Waals surface area contributed by atoms with E-state index in [0.29, 0.717) is 6.54 Å². The van der Waals surface area contributed by atoms with Crippen LogP contribution in [0.2, 0.25) is 5.28 Å². The zero-order valence-electron chi connectivity index (χ0n) is 10.8. The van der Waals surface area contributed by atoms with E-state index in [1.54, 1.807) is 11.3 Å². The molecule has 0 aliphatic rings. The Morgan fingerprint density at radius 2 is 2.21 bits per heavy atom. The highest BCUT2D eigenvalue weighted by Crippen LogP contribution is 2.29. The number of thiophene rings is 1. The number of aromatic nitrogens is 2. The average Bonchev–Trinajstić information content (AvgIpc) is 2.68. The Labute approximate surface area is 120 Å². The van der Waals surface area contributed by atoms with Crippen molar-refractivity contribution in [3.8, 4) is 0 Å². The van der Waals surface area contributed by atoms with Gasteiger partial charge in [0.2, 0.25) is 11.2 Å². The molecule has 0 unspecified atom stereocenters. The van der Waals surface area contributed by atoms with Crippen molar-refractivity contribution in [1.29, 1.82) is 0 Å². The van der Waals surface area contributed by atoms with Gasteiger partial charge < -0.3 is 10.6 Å². The van der Waals surface area contributed by atoms with Gasteiger partial charge in [-0.1, -0.05) is 0 Å². The van der Waals surface area contributed by atoms with Gasteiger partial charge in [-0.2, -0.15) is 0 Å². The first-order valence-electron chi connectivity index (χ1n) is 5.98. The summed E-state index contributed by atoms with van der Waals surface area (Å²) in [5, 5.41) is 7.22. The molecule has 102 valence electrons. The van der Waals surface area contributed by atoms with Crippen molar-refractivity contribution in [1.82, 2.24) is 15.3 Å². The molecule has 5 nitrogen and oxygen atoms in total. The first kappa shape index (κ1) is 14.0. The summed E-state index contributed by atoms with van der Waals surface area (Å²) < 4.78 is 0. The van der Waals surface area contributed by atoms with Crippen LogP contribution in [0.3, 0.4) is 0 Å². The van der Waals surface area contributed by atoms with Gasteiger partial charge in [0, 0.05) is 24.9 Å². The molecule has 1 amide bonds. The smallest absolute Gasteiger partial charge is 0.225 e. The van der Waals surface area contributed by atoms with Gasteiger partial charge in [0.1, 0.15) is 10.6 Å². The van der Waals surface area contributed by atoms with Gasteiger partial charge in [-0.3, -0.25) is 4.79 Å². The van der Waals surface area contributed by atoms with Crippen molar-refractivity contribution in [2.45, 2.75) is 20.3 Å². The van der Waals surface area contributed by atoms with E-state index in [4.69, 9.17) is 11.6 Å². The summed E-state index contributed by atoms with van der Waals surface area (Å²) in [6, 6.07) is 2.05. The van der Waals surface area contributed by atoms with E-state index in [1.807, 2.05) is 13.0 Å². The van der Waals surface area contributed by atoms with Gasteiger partial charge in [-0.25, -0.2) is 9.97 Å². The topological polar surface area (TPSA) is 66.9 Å². The van der Waals surface area contributed by atoms with Crippen LogP contribution in [0.4, 0.5) is 5.82 Å². The molecular formula is C12H15ClN4OS. The third kappa shape index (κ3) is 3.78. The lowest BCUT2D eigenvalue weighted by atomic mass is 10.3. The first-order chi connectivity index (χ1) is 9.06. The predicted octanol–water partition coefficient (Wildman–Crippen LogP) is 2.59. The molecule has 0 aliphatic heterocycles. The van der Waals surface area contributed by atoms with E-state index in [9.17, 15) is 4.79 Å². The zero-order chi connectivity index (χ0) is 13.8. The van der Waals surface area contributed by atoms with E-state index in [2.05, 4.69) is 20.6 Å². The number of carbonyl (C=O) groups is 1. The number of hydrogen-bond acceptors (Lipinski definition) is 5. The molecule has 0 fully saturated rings. The second-order valence-corrected chi connectivity index (χ2v) is 5.75. The number of hydrogen-bond donors (Lipinski definition) is 2. The number of aryl methyl sites for hydroxylation is 1. The Morgan fingerprint density at radius 3 is 2.95 bits per heavy atom. The standard InChI is InChI=1S/C12H15ClN4OS/c1-7-6-9-10(15-5-3-4-14-8(2)18)16-12(13)17-11(9)19-7/h6H,3-5H2,1-2H3,(H,14,18)(H,15,16,17). The molecule has 0 radical (unpaired) electrons. The van der Waals surface area contributed by atoms with Gasteiger partial charge in [-0.05, 0) is 31.0 Å². The van der Waals surface area contributed by atoms with Gasteiger partial charge in [-0.15, -0.1) is 11.3 Å². The Hall–Kier alpha value is -1.40. The number of anilines is 1. The van der Waals surface area contributed by atoms with Crippen LogP contribution in [-0.4, -0.2) is 29.0 Å². The maximum Gasteiger partial charge on any atom is 0.225 e. The summed E-state index contributed by atoms with van der Waals surface area (Å²) in [4.78, 5) is 21.2. The van der Waals surface area contributed by atoms with E-state index in [0.717, 1.165) is 29.0 Å². The largest absolute Gasteiger partial charge is 0.369 e. The number of fused-ring (bicyclic) bond motifs is 1. The Kier molecular flexibility index (Phi) is 4.55. The van der Waals surface area contributed by atoms with Gasteiger partial charge in [0.05, 0.1) is 5.39 Å². The normalized spacial score (nSPS) is 10.7. The molecule has 19 heavy (non-hydrogen) atoms. The molecule has 2 aromatic heterocycles. The van der Waals surface area contributed by atoms with Crippen molar-refractivity contribution < 1.29 is 4.79 Å². The molecule has 0 saturated heterocycles. The number of nitrogens with one attached hydrogen (secondary N) is 2. The van der Waals surface area contributed by atoms with Crippen molar-refractivity contribution in [2.75, 3.05) is 18.4 Å². The minimum atomic E-state index is -0.0130. The third-order valence-corrected chi connectivity index (χ3v) is 3.62. The number of nitrogens with zero attached hydrogens (tertiary/aromatic N) is 2. The van der Waals surface area contributed by atoms with Crippen LogP contribution in [-0.2, 0) is 4.79 Å². The first-order valence-corrected chi connectivity index (χ1v) is 7.17. The molecule has 0 aliphatic carbocycles. The number of halogens is 1. The number of amides is 1. The lowest BCUT2D eigenvalue weighted by molar-refractivity contribution is -0.118. The quantitative estimate of drug-likeness (QED) is 0.658. The molecule has 2 rings (SSSR count). The maximum atomic E-state index is 10.7. The molecule has 0 bridgehead atoms. The summed E-state index contributed by atoms with van der Waals surface area (Å²) in [6.07, 6.45) is 0.825. The molecular weight excluding hydrogens is 284 g/mol. The van der Waals surface area contributed by atoms with Gasteiger partial charge >= 0.3 is 0 Å². The monoisotopic (exact) mass is 298 g/mol. The number of rotatable bonds is 5. The molecule has 0 aromatic carbocycles. The SMILES string of the molecule is CC(=O)NCCCNc1nc(Cl)nc2sc(C)cc12. The second-order valence-electron chi connectivity index (χ2n) is 4.18. The molecule has 0 atom stereocenters. The van der Waals surface area contributed by atoms with Gasteiger partial charge in [0.15, 0.2) is 0 Å². The summed E-state index contributed by atoms with van der Waals surface area (Å²) >= 11 is 7.50. The molecule has 2 N–H and O–H groups in total. The predicted molar refractivity (Wildman–Crippen MR) is 79.0 cm³/mol. The highest BCUT2D eigenvalue weighted by molar-refractivity contribution is 7.18. The highest BCUT2D eigenvalue weighted by atomic mass is 35.5. The van der Waals surface area contributed by atoms with E-state index >= 15 is 0 Å². The Balaban J connectivity index is 2.01. The molecule has 7 heteroatoms. The fourth-order valence-corrected chi connectivity index (χ4v) is 2.81. The zero-order valence-corrected chi connectivity index (χ0v) is 12.4. The van der Waals surface area contributed by atoms with Crippen LogP contribution >= 0.6 is 22.9 Å². The van der Waals surface area contributed by atoms with Crippen LogP contribution in [0.5, 0.6) is 0 Å². The Morgan fingerprint density at radius 1 is 1.42 bits per heavy atom. The summed E-state index contributed by atoms with van der Waals surface area (Å²) in [6.45, 7) is 4.90.